The van der Waals surface area contributed by atoms with E-state index in [4.69, 9.17) is 5.14 Å². The minimum absolute atomic E-state index is 0.0637. The van der Waals surface area contributed by atoms with E-state index in [1.54, 1.807) is 6.92 Å². The summed E-state index contributed by atoms with van der Waals surface area (Å²) < 4.78 is 49.0. The van der Waals surface area contributed by atoms with Crippen LogP contribution in [0.1, 0.15) is 27.2 Å². The van der Waals surface area contributed by atoms with Gasteiger partial charge >= 0.3 is 0 Å². The van der Waals surface area contributed by atoms with Crippen LogP contribution in [0.2, 0.25) is 0 Å². The lowest BCUT2D eigenvalue weighted by molar-refractivity contribution is 0.342. The molecular formula is C12H20N2O4S2. The molecule has 0 fully saturated rings. The summed E-state index contributed by atoms with van der Waals surface area (Å²) in [6.45, 7) is 5.76. The van der Waals surface area contributed by atoms with Crippen LogP contribution >= 0.6 is 0 Å². The van der Waals surface area contributed by atoms with E-state index >= 15 is 0 Å². The van der Waals surface area contributed by atoms with Crippen LogP contribution in [-0.4, -0.2) is 33.7 Å². The van der Waals surface area contributed by atoms with Gasteiger partial charge in [0.05, 0.1) is 9.79 Å². The Morgan fingerprint density at radius 3 is 2.15 bits per heavy atom. The van der Waals surface area contributed by atoms with Crippen LogP contribution in [0.5, 0.6) is 0 Å². The molecule has 8 heteroatoms. The average Bonchev–Trinajstić information content (AvgIpc) is 2.38. The molecule has 1 aromatic rings. The first-order valence-electron chi connectivity index (χ1n) is 6.29. The maximum Gasteiger partial charge on any atom is 0.243 e. The first-order chi connectivity index (χ1) is 9.14. The topological polar surface area (TPSA) is 97.5 Å². The molecule has 0 radical (unpaired) electrons. The minimum Gasteiger partial charge on any atom is -0.225 e. The average molecular weight is 320 g/mol. The minimum atomic E-state index is -3.93. The largest absolute Gasteiger partial charge is 0.243 e. The zero-order valence-corrected chi connectivity index (χ0v) is 13.4. The summed E-state index contributed by atoms with van der Waals surface area (Å²) in [5, 5.41) is 5.03. The standard InChI is InChI=1S/C12H20N2O4S2/c1-4-10(3)14(5-2)20(17,18)12-8-6-7-11(9-12)19(13,15)16/h6-10H,4-5H2,1-3H3,(H2,13,15,16). The maximum absolute atomic E-state index is 12.5. The van der Waals surface area contributed by atoms with Crippen molar-refractivity contribution in [2.24, 2.45) is 5.14 Å². The number of nitrogens with zero attached hydrogens (tertiary/aromatic N) is 1. The first-order valence-corrected chi connectivity index (χ1v) is 9.28. The van der Waals surface area contributed by atoms with Crippen molar-refractivity contribution < 1.29 is 16.8 Å². The van der Waals surface area contributed by atoms with Crippen LogP contribution < -0.4 is 5.14 Å². The normalized spacial score (nSPS) is 14.4. The molecule has 1 rings (SSSR count). The second-order valence-electron chi connectivity index (χ2n) is 4.49. The maximum atomic E-state index is 12.5. The van der Waals surface area contributed by atoms with Crippen molar-refractivity contribution in [2.75, 3.05) is 6.54 Å². The van der Waals surface area contributed by atoms with Crippen LogP contribution in [0, 0.1) is 0 Å². The molecule has 20 heavy (non-hydrogen) atoms. The summed E-state index contributed by atoms with van der Waals surface area (Å²) in [5.74, 6) is 0. The van der Waals surface area contributed by atoms with Gasteiger partial charge in [0.1, 0.15) is 0 Å². The van der Waals surface area contributed by atoms with E-state index in [1.165, 1.54) is 22.5 Å². The number of benzene rings is 1. The summed E-state index contributed by atoms with van der Waals surface area (Å²) in [7, 11) is -7.66. The van der Waals surface area contributed by atoms with Gasteiger partial charge in [-0.3, -0.25) is 0 Å². The highest BCUT2D eigenvalue weighted by Gasteiger charge is 2.27. The van der Waals surface area contributed by atoms with Gasteiger partial charge in [-0.05, 0) is 31.5 Å². The molecule has 1 aromatic carbocycles. The van der Waals surface area contributed by atoms with Crippen LogP contribution in [-0.2, 0) is 20.0 Å². The van der Waals surface area contributed by atoms with Gasteiger partial charge in [0.15, 0.2) is 0 Å². The van der Waals surface area contributed by atoms with Gasteiger partial charge in [-0.25, -0.2) is 22.0 Å². The molecular weight excluding hydrogens is 300 g/mol. The van der Waals surface area contributed by atoms with E-state index in [-0.39, 0.29) is 15.8 Å². The number of nitrogens with two attached hydrogens (primary N) is 1. The molecule has 0 saturated heterocycles. The van der Waals surface area contributed by atoms with Gasteiger partial charge in [-0.15, -0.1) is 0 Å². The highest BCUT2D eigenvalue weighted by molar-refractivity contribution is 7.90. The van der Waals surface area contributed by atoms with Crippen molar-refractivity contribution >= 4 is 20.0 Å². The molecule has 0 heterocycles. The number of hydrogen-bond donors (Lipinski definition) is 1. The Hall–Kier alpha value is -0.960. The Kier molecular flexibility index (Phi) is 5.31. The first kappa shape index (κ1) is 17.1. The van der Waals surface area contributed by atoms with Gasteiger partial charge in [0, 0.05) is 12.6 Å². The molecule has 0 spiro atoms. The SMILES string of the molecule is CCC(C)N(CC)S(=O)(=O)c1cccc(S(N)(=O)=O)c1. The van der Waals surface area contributed by atoms with Gasteiger partial charge in [-0.2, -0.15) is 4.31 Å². The monoisotopic (exact) mass is 320 g/mol. The third-order valence-corrected chi connectivity index (χ3v) is 6.13. The zero-order valence-electron chi connectivity index (χ0n) is 11.8. The molecule has 6 nitrogen and oxygen atoms in total. The molecule has 1 unspecified atom stereocenters. The van der Waals surface area contributed by atoms with E-state index in [9.17, 15) is 16.8 Å². The van der Waals surface area contributed by atoms with Gasteiger partial charge in [0.25, 0.3) is 0 Å². The fourth-order valence-electron chi connectivity index (χ4n) is 1.87. The van der Waals surface area contributed by atoms with Gasteiger partial charge < -0.3 is 0 Å². The summed E-state index contributed by atoms with van der Waals surface area (Å²) >= 11 is 0. The smallest absolute Gasteiger partial charge is 0.225 e. The summed E-state index contributed by atoms with van der Waals surface area (Å²) in [4.78, 5) is -0.273. The van der Waals surface area contributed by atoms with E-state index < -0.39 is 20.0 Å². The van der Waals surface area contributed by atoms with E-state index in [0.29, 0.717) is 13.0 Å². The molecule has 0 aliphatic rings. The van der Waals surface area contributed by atoms with E-state index in [2.05, 4.69) is 0 Å². The lowest BCUT2D eigenvalue weighted by Gasteiger charge is -2.26. The van der Waals surface area contributed by atoms with Crippen molar-refractivity contribution in [1.29, 1.82) is 0 Å². The highest BCUT2D eigenvalue weighted by atomic mass is 32.2. The zero-order chi connectivity index (χ0) is 15.6. The van der Waals surface area contributed by atoms with Crippen LogP contribution in [0.3, 0.4) is 0 Å². The predicted molar refractivity (Wildman–Crippen MR) is 77.1 cm³/mol. The van der Waals surface area contributed by atoms with Crippen LogP contribution in [0.25, 0.3) is 0 Å². The third-order valence-electron chi connectivity index (χ3n) is 3.13. The highest BCUT2D eigenvalue weighted by Crippen LogP contribution is 2.21. The lowest BCUT2D eigenvalue weighted by atomic mass is 10.3. The second-order valence-corrected chi connectivity index (χ2v) is 7.94. The molecule has 2 N–H and O–H groups in total. The second kappa shape index (κ2) is 6.21. The number of sulfonamides is 2. The summed E-state index contributed by atoms with van der Waals surface area (Å²) in [5.41, 5.74) is 0. The molecule has 0 saturated carbocycles. The Morgan fingerprint density at radius 2 is 1.70 bits per heavy atom. The lowest BCUT2D eigenvalue weighted by Crippen LogP contribution is -2.38. The Labute approximate surface area is 120 Å². The van der Waals surface area contributed by atoms with Crippen LogP contribution in [0.15, 0.2) is 34.1 Å². The van der Waals surface area contributed by atoms with Crippen molar-refractivity contribution in [3.05, 3.63) is 24.3 Å². The van der Waals surface area contributed by atoms with E-state index in [1.807, 2.05) is 13.8 Å². The molecule has 0 aliphatic carbocycles. The molecule has 1 atom stereocenters. The van der Waals surface area contributed by atoms with Crippen molar-refractivity contribution in [1.82, 2.24) is 4.31 Å². The van der Waals surface area contributed by atoms with E-state index in [0.717, 1.165) is 6.07 Å². The van der Waals surface area contributed by atoms with Crippen molar-refractivity contribution in [3.8, 4) is 0 Å². The molecule has 0 amide bonds. The van der Waals surface area contributed by atoms with Crippen molar-refractivity contribution in [2.45, 2.75) is 43.0 Å². The molecule has 0 bridgehead atoms. The molecule has 0 aliphatic heterocycles. The third kappa shape index (κ3) is 3.57. The Balaban J connectivity index is 3.36. The van der Waals surface area contributed by atoms with Gasteiger partial charge in [0.2, 0.25) is 20.0 Å². The van der Waals surface area contributed by atoms with Crippen molar-refractivity contribution in [3.63, 3.8) is 0 Å². The number of hydrogen-bond acceptors (Lipinski definition) is 4. The van der Waals surface area contributed by atoms with Gasteiger partial charge in [-0.1, -0.05) is 19.9 Å². The number of rotatable bonds is 6. The fourth-order valence-corrected chi connectivity index (χ4v) is 4.26. The summed E-state index contributed by atoms with van der Waals surface area (Å²) in [6.07, 6.45) is 0.669. The fraction of sp³-hybridized carbons (Fsp3) is 0.500. The predicted octanol–water partition coefficient (Wildman–Crippen LogP) is 1.14. The molecule has 114 valence electrons. The molecule has 0 aromatic heterocycles. The number of primary sulfonamides is 1. The Morgan fingerprint density at radius 1 is 1.15 bits per heavy atom. The summed E-state index contributed by atoms with van der Waals surface area (Å²) in [6, 6.07) is 4.94. The van der Waals surface area contributed by atoms with Crippen LogP contribution in [0.4, 0.5) is 0 Å². The Bertz CT molecular complexity index is 668. The quantitative estimate of drug-likeness (QED) is 0.850.